The predicted octanol–water partition coefficient (Wildman–Crippen LogP) is 4.08. The van der Waals surface area contributed by atoms with E-state index in [1.165, 1.54) is 25.7 Å². The number of rotatable bonds is 25. The quantitative estimate of drug-likeness (QED) is 0.162. The molecule has 0 rings (SSSR count). The van der Waals surface area contributed by atoms with Gasteiger partial charge in [0.15, 0.2) is 0 Å². The summed E-state index contributed by atoms with van der Waals surface area (Å²) in [5, 5.41) is 0. The van der Waals surface area contributed by atoms with Crippen molar-refractivity contribution in [3.63, 3.8) is 0 Å². The molecule has 0 saturated heterocycles. The highest BCUT2D eigenvalue weighted by Gasteiger charge is 1.95. The summed E-state index contributed by atoms with van der Waals surface area (Å²) in [7, 11) is 0. The van der Waals surface area contributed by atoms with Gasteiger partial charge in [0.1, 0.15) is 0 Å². The van der Waals surface area contributed by atoms with E-state index in [0.717, 1.165) is 38.4 Å². The van der Waals surface area contributed by atoms with Crippen LogP contribution in [0.5, 0.6) is 0 Å². The van der Waals surface area contributed by atoms with Gasteiger partial charge in [-0.2, -0.15) is 0 Å². The van der Waals surface area contributed by atoms with Crippen molar-refractivity contribution in [3.05, 3.63) is 0 Å². The lowest BCUT2D eigenvalue weighted by Crippen LogP contribution is -2.14. The summed E-state index contributed by atoms with van der Waals surface area (Å²) < 4.78 is 32.7. The Balaban J connectivity index is 2.96. The van der Waals surface area contributed by atoms with Gasteiger partial charge in [-0.25, -0.2) is 0 Å². The molecule has 0 unspecified atom stereocenters. The van der Waals surface area contributed by atoms with Gasteiger partial charge in [0.05, 0.1) is 66.1 Å². The standard InChI is InChI=1S/C21H43ClO6/c1-2-3-7-10-23-12-14-25-16-18-27-20-21-28-19-17-26-15-13-24-11-8-5-4-6-9-22/h2-21H2,1H3. The Morgan fingerprint density at radius 1 is 0.393 bits per heavy atom. The van der Waals surface area contributed by atoms with Crippen LogP contribution < -0.4 is 0 Å². The minimum Gasteiger partial charge on any atom is -0.379 e. The molecule has 0 aromatic heterocycles. The van der Waals surface area contributed by atoms with Crippen molar-refractivity contribution in [1.29, 1.82) is 0 Å². The molecule has 0 aliphatic rings. The third kappa shape index (κ3) is 26.1. The van der Waals surface area contributed by atoms with Crippen LogP contribution in [0.4, 0.5) is 0 Å². The van der Waals surface area contributed by atoms with Crippen LogP contribution in [0.3, 0.4) is 0 Å². The van der Waals surface area contributed by atoms with E-state index in [1.54, 1.807) is 0 Å². The lowest BCUT2D eigenvalue weighted by Gasteiger charge is -2.08. The third-order valence-electron chi connectivity index (χ3n) is 3.92. The molecule has 0 N–H and O–H groups in total. The summed E-state index contributed by atoms with van der Waals surface area (Å²) in [5.41, 5.74) is 0. The van der Waals surface area contributed by atoms with Gasteiger partial charge in [-0.1, -0.05) is 32.6 Å². The monoisotopic (exact) mass is 426 g/mol. The fourth-order valence-electron chi connectivity index (χ4n) is 2.31. The van der Waals surface area contributed by atoms with Gasteiger partial charge in [0.25, 0.3) is 0 Å². The number of hydrogen-bond donors (Lipinski definition) is 0. The van der Waals surface area contributed by atoms with Crippen LogP contribution in [0.2, 0.25) is 0 Å². The topological polar surface area (TPSA) is 55.4 Å². The van der Waals surface area contributed by atoms with Crippen LogP contribution in [0.1, 0.15) is 51.9 Å². The number of alkyl halides is 1. The Labute approximate surface area is 177 Å². The number of unbranched alkanes of at least 4 members (excludes halogenated alkanes) is 5. The molecular weight excluding hydrogens is 384 g/mol. The molecule has 0 saturated carbocycles. The zero-order chi connectivity index (χ0) is 20.4. The average Bonchev–Trinajstić information content (AvgIpc) is 2.71. The molecular formula is C21H43ClO6. The summed E-state index contributed by atoms with van der Waals surface area (Å²) in [6.07, 6.45) is 8.14. The van der Waals surface area contributed by atoms with Gasteiger partial charge in [-0.15, -0.1) is 11.6 Å². The Morgan fingerprint density at radius 3 is 1.07 bits per heavy atom. The lowest BCUT2D eigenvalue weighted by molar-refractivity contribution is -0.0169. The summed E-state index contributed by atoms with van der Waals surface area (Å²) in [6.45, 7) is 9.84. The summed E-state index contributed by atoms with van der Waals surface area (Å²) >= 11 is 5.63. The van der Waals surface area contributed by atoms with E-state index in [0.29, 0.717) is 66.1 Å². The van der Waals surface area contributed by atoms with Crippen molar-refractivity contribution in [2.45, 2.75) is 51.9 Å². The zero-order valence-corrected chi connectivity index (χ0v) is 18.7. The Morgan fingerprint density at radius 2 is 0.714 bits per heavy atom. The Hall–Kier alpha value is 0.0500. The second-order valence-electron chi connectivity index (χ2n) is 6.48. The SMILES string of the molecule is CCCCCOCCOCCOCCOCCOCCOCCCCCCCl. The van der Waals surface area contributed by atoms with E-state index in [-0.39, 0.29) is 0 Å². The molecule has 7 heteroatoms. The molecule has 0 fully saturated rings. The van der Waals surface area contributed by atoms with Gasteiger partial charge in [-0.3, -0.25) is 0 Å². The van der Waals surface area contributed by atoms with Crippen molar-refractivity contribution in [3.8, 4) is 0 Å². The molecule has 0 aliphatic carbocycles. The van der Waals surface area contributed by atoms with Crippen LogP contribution in [0.15, 0.2) is 0 Å². The van der Waals surface area contributed by atoms with Crippen molar-refractivity contribution >= 4 is 11.6 Å². The minimum atomic E-state index is 0.572. The van der Waals surface area contributed by atoms with Crippen LogP contribution in [0, 0.1) is 0 Å². The van der Waals surface area contributed by atoms with E-state index in [9.17, 15) is 0 Å². The number of halogens is 1. The van der Waals surface area contributed by atoms with Crippen molar-refractivity contribution in [2.75, 3.05) is 85.2 Å². The van der Waals surface area contributed by atoms with Crippen LogP contribution >= 0.6 is 11.6 Å². The molecule has 0 atom stereocenters. The average molecular weight is 427 g/mol. The molecule has 0 radical (unpaired) electrons. The van der Waals surface area contributed by atoms with Gasteiger partial charge in [0.2, 0.25) is 0 Å². The molecule has 0 spiro atoms. The normalized spacial score (nSPS) is 11.4. The zero-order valence-electron chi connectivity index (χ0n) is 18.0. The van der Waals surface area contributed by atoms with Crippen molar-refractivity contribution in [1.82, 2.24) is 0 Å². The minimum absolute atomic E-state index is 0.572. The second kappa shape index (κ2) is 27.0. The van der Waals surface area contributed by atoms with Crippen LogP contribution in [0.25, 0.3) is 0 Å². The predicted molar refractivity (Wildman–Crippen MR) is 114 cm³/mol. The van der Waals surface area contributed by atoms with Crippen molar-refractivity contribution < 1.29 is 28.4 Å². The Kier molecular flexibility index (Phi) is 27.1. The summed E-state index contributed by atoms with van der Waals surface area (Å²) in [4.78, 5) is 0. The first-order valence-corrected chi connectivity index (χ1v) is 11.5. The molecule has 0 aromatic rings. The van der Waals surface area contributed by atoms with E-state index in [2.05, 4.69) is 6.92 Å². The molecule has 0 aromatic carbocycles. The number of hydrogen-bond acceptors (Lipinski definition) is 6. The maximum Gasteiger partial charge on any atom is 0.0701 e. The fourth-order valence-corrected chi connectivity index (χ4v) is 2.50. The second-order valence-corrected chi connectivity index (χ2v) is 6.86. The maximum absolute atomic E-state index is 5.63. The molecule has 6 nitrogen and oxygen atoms in total. The van der Waals surface area contributed by atoms with Gasteiger partial charge in [-0.05, 0) is 19.3 Å². The van der Waals surface area contributed by atoms with E-state index < -0.39 is 0 Å². The first-order valence-electron chi connectivity index (χ1n) is 10.9. The summed E-state index contributed by atoms with van der Waals surface area (Å²) in [6, 6.07) is 0. The molecule has 28 heavy (non-hydrogen) atoms. The third-order valence-corrected chi connectivity index (χ3v) is 4.19. The maximum atomic E-state index is 5.63. The van der Waals surface area contributed by atoms with Crippen LogP contribution in [-0.2, 0) is 28.4 Å². The summed E-state index contributed by atoms with van der Waals surface area (Å²) in [5.74, 6) is 0.756. The molecule has 0 heterocycles. The number of ether oxygens (including phenoxy) is 6. The van der Waals surface area contributed by atoms with Crippen LogP contribution in [-0.4, -0.2) is 85.2 Å². The first kappa shape index (κ1) is 28.1. The highest BCUT2D eigenvalue weighted by Crippen LogP contribution is 2.01. The molecule has 0 bridgehead atoms. The Bertz CT molecular complexity index is 245. The van der Waals surface area contributed by atoms with Crippen molar-refractivity contribution in [2.24, 2.45) is 0 Å². The highest BCUT2D eigenvalue weighted by atomic mass is 35.5. The molecule has 0 aliphatic heterocycles. The van der Waals surface area contributed by atoms with Gasteiger partial charge in [0, 0.05) is 19.1 Å². The lowest BCUT2D eigenvalue weighted by atomic mass is 10.2. The molecule has 0 amide bonds. The van der Waals surface area contributed by atoms with E-state index in [1.807, 2.05) is 0 Å². The van der Waals surface area contributed by atoms with E-state index >= 15 is 0 Å². The van der Waals surface area contributed by atoms with E-state index in [4.69, 9.17) is 40.0 Å². The van der Waals surface area contributed by atoms with Gasteiger partial charge >= 0.3 is 0 Å². The smallest absolute Gasteiger partial charge is 0.0701 e. The molecule has 170 valence electrons. The highest BCUT2D eigenvalue weighted by molar-refractivity contribution is 6.17. The fraction of sp³-hybridized carbons (Fsp3) is 1.00. The largest absolute Gasteiger partial charge is 0.379 e. The van der Waals surface area contributed by atoms with Gasteiger partial charge < -0.3 is 28.4 Å². The first-order chi connectivity index (χ1) is 13.9.